The van der Waals surface area contributed by atoms with Crippen LogP contribution in [0.25, 0.3) is 0 Å². The Morgan fingerprint density at radius 1 is 1.44 bits per heavy atom. The summed E-state index contributed by atoms with van der Waals surface area (Å²) >= 11 is 0. The maximum Gasteiger partial charge on any atom is 0.573 e. The lowest BCUT2D eigenvalue weighted by Crippen LogP contribution is -2.18. The van der Waals surface area contributed by atoms with Crippen LogP contribution in [0.2, 0.25) is 0 Å². The number of ether oxygens (including phenoxy) is 1. The molecule has 0 fully saturated rings. The molecule has 0 aliphatic heterocycles. The van der Waals surface area contributed by atoms with Gasteiger partial charge >= 0.3 is 12.0 Å². The minimum absolute atomic E-state index is 0.493. The first-order valence-corrected chi connectivity index (χ1v) is 4.36. The van der Waals surface area contributed by atoms with Crippen molar-refractivity contribution in [2.75, 3.05) is 0 Å². The van der Waals surface area contributed by atoms with Crippen molar-refractivity contribution in [1.82, 2.24) is 0 Å². The topological polar surface area (TPSA) is 52.4 Å². The summed E-state index contributed by atoms with van der Waals surface area (Å²) in [5.74, 6) is -0.797. The Kier molecular flexibility index (Phi) is 3.36. The number of nitro groups is 1. The molecule has 4 nitrogen and oxygen atoms in total. The molecule has 0 radical (unpaired) electrons. The molecule has 1 aromatic carbocycles. The van der Waals surface area contributed by atoms with E-state index in [4.69, 9.17) is 0 Å². The Morgan fingerprint density at radius 2 is 2.06 bits per heavy atom. The second kappa shape index (κ2) is 4.38. The first-order valence-electron chi connectivity index (χ1n) is 4.36. The third-order valence-corrected chi connectivity index (χ3v) is 1.85. The van der Waals surface area contributed by atoms with Gasteiger partial charge in [0.1, 0.15) is 0 Å². The van der Waals surface area contributed by atoms with Crippen LogP contribution >= 0.6 is 0 Å². The van der Waals surface area contributed by atoms with Gasteiger partial charge in [-0.25, -0.2) is 0 Å². The number of nitrogens with zero attached hydrogens (tertiary/aromatic N) is 1. The van der Waals surface area contributed by atoms with Gasteiger partial charge in [-0.15, -0.1) is 13.2 Å². The Labute approximate surface area is 88.8 Å². The van der Waals surface area contributed by atoms with E-state index in [0.29, 0.717) is 12.0 Å². The highest BCUT2D eigenvalue weighted by Gasteiger charge is 2.34. The van der Waals surface area contributed by atoms with Gasteiger partial charge in [0, 0.05) is 6.07 Å². The zero-order valence-corrected chi connectivity index (χ0v) is 8.25. The maximum atomic E-state index is 11.9. The van der Waals surface area contributed by atoms with Crippen LogP contribution in [0, 0.1) is 10.1 Å². The smallest absolute Gasteiger partial charge is 0.398 e. The van der Waals surface area contributed by atoms with Gasteiger partial charge in [0.05, 0.1) is 4.92 Å². The summed E-state index contributed by atoms with van der Waals surface area (Å²) in [5, 5.41) is 10.5. The van der Waals surface area contributed by atoms with Gasteiger partial charge in [0.15, 0.2) is 0 Å². The van der Waals surface area contributed by atoms with Crippen LogP contribution in [0.15, 0.2) is 18.2 Å². The second-order valence-electron chi connectivity index (χ2n) is 2.96. The van der Waals surface area contributed by atoms with Crippen molar-refractivity contribution < 1.29 is 22.8 Å². The largest absolute Gasteiger partial charge is 0.573 e. The summed E-state index contributed by atoms with van der Waals surface area (Å²) < 4.78 is 39.3. The molecule has 1 aromatic rings. The third-order valence-electron chi connectivity index (χ3n) is 1.85. The van der Waals surface area contributed by atoms with E-state index in [1.807, 2.05) is 0 Å². The number of alkyl halides is 3. The minimum atomic E-state index is -4.93. The number of aryl methyl sites for hydroxylation is 1. The average Bonchev–Trinajstić information content (AvgIpc) is 2.15. The van der Waals surface area contributed by atoms with Gasteiger partial charge in [-0.1, -0.05) is 13.0 Å². The van der Waals surface area contributed by atoms with E-state index in [9.17, 15) is 23.3 Å². The monoisotopic (exact) mass is 235 g/mol. The molecule has 0 spiro atoms. The minimum Gasteiger partial charge on any atom is -0.398 e. The molecule has 0 heterocycles. The Hall–Kier alpha value is -1.79. The second-order valence-corrected chi connectivity index (χ2v) is 2.96. The number of benzene rings is 1. The van der Waals surface area contributed by atoms with Crippen molar-refractivity contribution in [3.8, 4) is 5.75 Å². The number of nitro benzene ring substituents is 1. The summed E-state index contributed by atoms with van der Waals surface area (Å²) in [4.78, 5) is 9.63. The fraction of sp³-hybridized carbons (Fsp3) is 0.333. The van der Waals surface area contributed by atoms with E-state index in [0.717, 1.165) is 12.1 Å². The Morgan fingerprint density at radius 3 is 2.50 bits per heavy atom. The highest BCUT2D eigenvalue weighted by molar-refractivity contribution is 5.48. The molecule has 7 heteroatoms. The van der Waals surface area contributed by atoms with Crippen molar-refractivity contribution in [3.05, 3.63) is 33.9 Å². The van der Waals surface area contributed by atoms with Crippen LogP contribution in [-0.2, 0) is 6.42 Å². The first-order chi connectivity index (χ1) is 7.33. The predicted octanol–water partition coefficient (Wildman–Crippen LogP) is 3.06. The van der Waals surface area contributed by atoms with Gasteiger partial charge in [0.2, 0.25) is 5.75 Å². The lowest BCUT2D eigenvalue weighted by atomic mass is 10.1. The Balaban J connectivity index is 3.13. The molecule has 0 aliphatic carbocycles. The van der Waals surface area contributed by atoms with Gasteiger partial charge in [0.25, 0.3) is 0 Å². The van der Waals surface area contributed by atoms with Crippen molar-refractivity contribution in [2.24, 2.45) is 0 Å². The van der Waals surface area contributed by atoms with Crippen LogP contribution in [0.1, 0.15) is 12.5 Å². The predicted molar refractivity (Wildman–Crippen MR) is 49.2 cm³/mol. The normalized spacial score (nSPS) is 11.2. The summed E-state index contributed by atoms with van der Waals surface area (Å²) in [6.45, 7) is 1.74. The zero-order valence-electron chi connectivity index (χ0n) is 8.25. The third kappa shape index (κ3) is 3.11. The molecule has 0 aromatic heterocycles. The van der Waals surface area contributed by atoms with Gasteiger partial charge in [-0.2, -0.15) is 0 Å². The SMILES string of the molecule is CCc1ccc(OC(F)(F)F)c([N+](=O)[O-])c1. The summed E-state index contributed by atoms with van der Waals surface area (Å²) in [6.07, 6.45) is -4.44. The number of halogens is 3. The molecule has 0 aliphatic rings. The molecule has 0 N–H and O–H groups in total. The molecule has 0 atom stereocenters. The quantitative estimate of drug-likeness (QED) is 0.597. The van der Waals surface area contributed by atoms with Crippen LogP contribution in [-0.4, -0.2) is 11.3 Å². The van der Waals surface area contributed by atoms with Gasteiger partial charge < -0.3 is 4.74 Å². The van der Waals surface area contributed by atoms with Gasteiger partial charge in [-0.3, -0.25) is 10.1 Å². The number of rotatable bonds is 3. The summed E-state index contributed by atoms with van der Waals surface area (Å²) in [5.41, 5.74) is -0.113. The molecule has 0 bridgehead atoms. The van der Waals surface area contributed by atoms with E-state index in [2.05, 4.69) is 4.74 Å². The average molecular weight is 235 g/mol. The van der Waals surface area contributed by atoms with Gasteiger partial charge in [-0.05, 0) is 18.1 Å². The molecule has 16 heavy (non-hydrogen) atoms. The first kappa shape index (κ1) is 12.3. The van der Waals surface area contributed by atoms with E-state index in [-0.39, 0.29) is 0 Å². The molecular formula is C9H8F3NO3. The molecule has 0 amide bonds. The Bertz CT molecular complexity index is 403. The van der Waals surface area contributed by atoms with Crippen LogP contribution in [0.5, 0.6) is 5.75 Å². The summed E-state index contributed by atoms with van der Waals surface area (Å²) in [6, 6.07) is 3.37. The zero-order chi connectivity index (χ0) is 12.3. The van der Waals surface area contributed by atoms with E-state index in [1.54, 1.807) is 6.92 Å². The fourth-order valence-electron chi connectivity index (χ4n) is 1.14. The van der Waals surface area contributed by atoms with Crippen LogP contribution < -0.4 is 4.74 Å². The molecule has 0 saturated carbocycles. The summed E-state index contributed by atoms with van der Waals surface area (Å²) in [7, 11) is 0. The highest BCUT2D eigenvalue weighted by atomic mass is 19.4. The molecule has 0 unspecified atom stereocenters. The van der Waals surface area contributed by atoms with Crippen molar-refractivity contribution in [3.63, 3.8) is 0 Å². The fourth-order valence-corrected chi connectivity index (χ4v) is 1.14. The van der Waals surface area contributed by atoms with E-state index < -0.39 is 22.7 Å². The van der Waals surface area contributed by atoms with Crippen LogP contribution in [0.3, 0.4) is 0 Å². The van der Waals surface area contributed by atoms with Crippen molar-refractivity contribution in [1.29, 1.82) is 0 Å². The number of hydrogen-bond acceptors (Lipinski definition) is 3. The standard InChI is InChI=1S/C9H8F3NO3/c1-2-6-3-4-8(16-9(10,11)12)7(5-6)13(14)15/h3-5H,2H2,1H3. The lowest BCUT2D eigenvalue weighted by Gasteiger charge is -2.09. The van der Waals surface area contributed by atoms with E-state index in [1.165, 1.54) is 6.07 Å². The number of hydrogen-bond donors (Lipinski definition) is 0. The van der Waals surface area contributed by atoms with E-state index >= 15 is 0 Å². The lowest BCUT2D eigenvalue weighted by molar-refractivity contribution is -0.388. The van der Waals surface area contributed by atoms with Crippen molar-refractivity contribution in [2.45, 2.75) is 19.7 Å². The maximum absolute atomic E-state index is 11.9. The molecule has 88 valence electrons. The molecule has 0 saturated heterocycles. The molecular weight excluding hydrogens is 227 g/mol. The van der Waals surface area contributed by atoms with Crippen molar-refractivity contribution >= 4 is 5.69 Å². The van der Waals surface area contributed by atoms with Crippen LogP contribution in [0.4, 0.5) is 18.9 Å². The molecule has 1 rings (SSSR count). The highest BCUT2D eigenvalue weighted by Crippen LogP contribution is 2.32.